The molecule has 122 valence electrons. The maximum Gasteiger partial charge on any atom is 0.411 e. The van der Waals surface area contributed by atoms with E-state index in [1.807, 2.05) is 12.3 Å². The van der Waals surface area contributed by atoms with E-state index in [0.717, 1.165) is 10.7 Å². The van der Waals surface area contributed by atoms with Gasteiger partial charge >= 0.3 is 6.09 Å². The molecule has 7 heteroatoms. The molecule has 0 radical (unpaired) electrons. The van der Waals surface area contributed by atoms with E-state index < -0.39 is 17.7 Å². The molecular weight excluding hydrogens is 304 g/mol. The molecule has 2 rings (SSSR count). The van der Waals surface area contributed by atoms with Crippen LogP contribution in [0.15, 0.2) is 5.38 Å². The lowest BCUT2D eigenvalue weighted by molar-refractivity contribution is -0.129. The fourth-order valence-corrected chi connectivity index (χ4v) is 2.94. The Morgan fingerprint density at radius 3 is 2.82 bits per heavy atom. The van der Waals surface area contributed by atoms with Gasteiger partial charge in [-0.2, -0.15) is 0 Å². The minimum Gasteiger partial charge on any atom is -0.444 e. The van der Waals surface area contributed by atoms with E-state index in [4.69, 9.17) is 9.47 Å². The highest BCUT2D eigenvalue weighted by Crippen LogP contribution is 2.17. The second-order valence-corrected chi connectivity index (χ2v) is 7.23. The minimum absolute atomic E-state index is 0.0695. The van der Waals surface area contributed by atoms with Crippen molar-refractivity contribution in [1.82, 2.24) is 9.88 Å². The van der Waals surface area contributed by atoms with Crippen molar-refractivity contribution >= 4 is 23.2 Å². The van der Waals surface area contributed by atoms with Gasteiger partial charge in [-0.1, -0.05) is 0 Å². The Bertz CT molecular complexity index is 550. The van der Waals surface area contributed by atoms with E-state index in [1.54, 1.807) is 20.8 Å². The van der Waals surface area contributed by atoms with E-state index >= 15 is 0 Å². The van der Waals surface area contributed by atoms with Crippen molar-refractivity contribution in [3.8, 4) is 0 Å². The van der Waals surface area contributed by atoms with Crippen LogP contribution in [0.5, 0.6) is 0 Å². The molecule has 1 aromatic rings. The van der Waals surface area contributed by atoms with Crippen LogP contribution >= 0.6 is 11.3 Å². The number of aromatic nitrogens is 1. The van der Waals surface area contributed by atoms with Gasteiger partial charge < -0.3 is 9.47 Å². The van der Waals surface area contributed by atoms with E-state index in [-0.39, 0.29) is 18.8 Å². The Morgan fingerprint density at radius 2 is 2.23 bits per heavy atom. The molecule has 0 N–H and O–H groups in total. The smallest absolute Gasteiger partial charge is 0.411 e. The van der Waals surface area contributed by atoms with Crippen molar-refractivity contribution in [3.63, 3.8) is 0 Å². The number of thiazole rings is 1. The first kappa shape index (κ1) is 16.9. The van der Waals surface area contributed by atoms with Crippen molar-refractivity contribution in [2.24, 2.45) is 0 Å². The number of nitrogens with zero attached hydrogens (tertiary/aromatic N) is 2. The standard InChI is InChI=1S/C15H22N2O4S/c1-10-9-22-13(16-10)7-12(18)11-8-20-6-5-17(11)14(19)21-15(2,3)4/h9,11H,5-8H2,1-4H3. The van der Waals surface area contributed by atoms with Crippen LogP contribution < -0.4 is 0 Å². The summed E-state index contributed by atoms with van der Waals surface area (Å²) in [6, 6.07) is -0.604. The van der Waals surface area contributed by atoms with Gasteiger partial charge in [-0.15, -0.1) is 11.3 Å². The van der Waals surface area contributed by atoms with E-state index in [9.17, 15) is 9.59 Å². The molecule has 0 bridgehead atoms. The number of rotatable bonds is 3. The predicted molar refractivity (Wildman–Crippen MR) is 83.1 cm³/mol. The number of carbonyl (C=O) groups is 2. The summed E-state index contributed by atoms with van der Waals surface area (Å²) in [5, 5.41) is 2.67. The molecule has 1 saturated heterocycles. The highest BCUT2D eigenvalue weighted by Gasteiger charge is 2.35. The third-order valence-electron chi connectivity index (χ3n) is 3.12. The van der Waals surface area contributed by atoms with Gasteiger partial charge in [-0.3, -0.25) is 9.69 Å². The summed E-state index contributed by atoms with van der Waals surface area (Å²) in [7, 11) is 0. The molecule has 1 atom stereocenters. The van der Waals surface area contributed by atoms with Gasteiger partial charge in [0.05, 0.1) is 19.6 Å². The molecule has 2 heterocycles. The van der Waals surface area contributed by atoms with Crippen LogP contribution in [0.1, 0.15) is 31.5 Å². The number of amides is 1. The molecule has 6 nitrogen and oxygen atoms in total. The number of Topliss-reactive ketones (excluding diaryl/α,β-unsaturated/α-hetero) is 1. The maximum absolute atomic E-state index is 12.5. The fourth-order valence-electron chi connectivity index (χ4n) is 2.16. The highest BCUT2D eigenvalue weighted by molar-refractivity contribution is 7.09. The third kappa shape index (κ3) is 4.51. The fraction of sp³-hybridized carbons (Fsp3) is 0.667. The van der Waals surface area contributed by atoms with Crippen LogP contribution in [0.4, 0.5) is 4.79 Å². The van der Waals surface area contributed by atoms with Gasteiger partial charge in [-0.05, 0) is 27.7 Å². The monoisotopic (exact) mass is 326 g/mol. The first-order chi connectivity index (χ1) is 10.3. The number of hydrogen-bond donors (Lipinski definition) is 0. The van der Waals surface area contributed by atoms with E-state index in [0.29, 0.717) is 13.2 Å². The number of ketones is 1. The van der Waals surface area contributed by atoms with Gasteiger partial charge in [0.2, 0.25) is 0 Å². The molecule has 1 amide bonds. The summed E-state index contributed by atoms with van der Waals surface area (Å²) in [6.45, 7) is 8.30. The Hall–Kier alpha value is -1.47. The Kier molecular flexibility index (Phi) is 5.18. The molecule has 1 aromatic heterocycles. The van der Waals surface area contributed by atoms with Crippen LogP contribution in [0, 0.1) is 6.92 Å². The van der Waals surface area contributed by atoms with Crippen molar-refractivity contribution in [1.29, 1.82) is 0 Å². The zero-order chi connectivity index (χ0) is 16.3. The lowest BCUT2D eigenvalue weighted by atomic mass is 10.1. The molecular formula is C15H22N2O4S. The van der Waals surface area contributed by atoms with Crippen molar-refractivity contribution < 1.29 is 19.1 Å². The lowest BCUT2D eigenvalue weighted by Crippen LogP contribution is -2.54. The summed E-state index contributed by atoms with van der Waals surface area (Å²) in [5.74, 6) is -0.0695. The highest BCUT2D eigenvalue weighted by atomic mass is 32.1. The van der Waals surface area contributed by atoms with E-state index in [1.165, 1.54) is 16.2 Å². The summed E-state index contributed by atoms with van der Waals surface area (Å²) >= 11 is 1.45. The number of carbonyl (C=O) groups excluding carboxylic acids is 2. The first-order valence-electron chi connectivity index (χ1n) is 7.27. The summed E-state index contributed by atoms with van der Waals surface area (Å²) in [4.78, 5) is 30.5. The molecule has 1 aliphatic rings. The molecule has 0 aromatic carbocycles. The number of hydrogen-bond acceptors (Lipinski definition) is 6. The number of aryl methyl sites for hydroxylation is 1. The topological polar surface area (TPSA) is 68.7 Å². The molecule has 0 saturated carbocycles. The Balaban J connectivity index is 2.05. The Labute approximate surface area is 134 Å². The lowest BCUT2D eigenvalue weighted by Gasteiger charge is -2.35. The molecule has 1 unspecified atom stereocenters. The van der Waals surface area contributed by atoms with Gasteiger partial charge in [0, 0.05) is 17.6 Å². The second-order valence-electron chi connectivity index (χ2n) is 6.29. The van der Waals surface area contributed by atoms with Crippen molar-refractivity contribution in [2.75, 3.05) is 19.8 Å². The molecule has 1 aliphatic heterocycles. The molecule has 0 aliphatic carbocycles. The van der Waals surface area contributed by atoms with Gasteiger partial charge in [0.1, 0.15) is 16.7 Å². The molecule has 0 spiro atoms. The predicted octanol–water partition coefficient (Wildman–Crippen LogP) is 2.20. The van der Waals surface area contributed by atoms with Crippen LogP contribution in [-0.2, 0) is 20.7 Å². The average Bonchev–Trinajstić information content (AvgIpc) is 2.82. The van der Waals surface area contributed by atoms with Crippen LogP contribution in [0.3, 0.4) is 0 Å². The summed E-state index contributed by atoms with van der Waals surface area (Å²) < 4.78 is 10.7. The van der Waals surface area contributed by atoms with Crippen LogP contribution in [0.2, 0.25) is 0 Å². The van der Waals surface area contributed by atoms with Gasteiger partial charge in [0.25, 0.3) is 0 Å². The Morgan fingerprint density at radius 1 is 1.50 bits per heavy atom. The number of ether oxygens (including phenoxy) is 2. The quantitative estimate of drug-likeness (QED) is 0.852. The third-order valence-corrected chi connectivity index (χ3v) is 4.09. The van der Waals surface area contributed by atoms with Crippen LogP contribution in [-0.4, -0.2) is 53.2 Å². The van der Waals surface area contributed by atoms with E-state index in [2.05, 4.69) is 4.98 Å². The number of morpholine rings is 1. The first-order valence-corrected chi connectivity index (χ1v) is 8.15. The summed E-state index contributed by atoms with van der Waals surface area (Å²) in [5.41, 5.74) is 0.312. The van der Waals surface area contributed by atoms with Crippen LogP contribution in [0.25, 0.3) is 0 Å². The SMILES string of the molecule is Cc1csc(CC(=O)C2COCCN2C(=O)OC(C)(C)C)n1. The zero-order valence-electron chi connectivity index (χ0n) is 13.4. The largest absolute Gasteiger partial charge is 0.444 e. The maximum atomic E-state index is 12.5. The zero-order valence-corrected chi connectivity index (χ0v) is 14.2. The minimum atomic E-state index is -0.604. The van der Waals surface area contributed by atoms with Gasteiger partial charge in [0.15, 0.2) is 5.78 Å². The molecule has 22 heavy (non-hydrogen) atoms. The van der Waals surface area contributed by atoms with Crippen molar-refractivity contribution in [2.45, 2.75) is 45.8 Å². The second kappa shape index (κ2) is 6.75. The summed E-state index contributed by atoms with van der Waals surface area (Å²) in [6.07, 6.45) is -0.254. The van der Waals surface area contributed by atoms with Gasteiger partial charge in [-0.25, -0.2) is 9.78 Å². The van der Waals surface area contributed by atoms with Crippen molar-refractivity contribution in [3.05, 3.63) is 16.1 Å². The normalized spacial score (nSPS) is 19.1. The molecule has 1 fully saturated rings. The average molecular weight is 326 g/mol.